The molecule has 6 heteroatoms. The fraction of sp³-hybridized carbons (Fsp3) is 0.125. The Balaban J connectivity index is 2.40. The van der Waals surface area contributed by atoms with Crippen molar-refractivity contribution in [3.8, 4) is 12.3 Å². The number of nitrogens with one attached hydrogen (secondary N) is 1. The van der Waals surface area contributed by atoms with Gasteiger partial charge >= 0.3 is 6.03 Å². The Bertz CT molecular complexity index is 464. The first-order chi connectivity index (χ1) is 6.70. The van der Waals surface area contributed by atoms with Crippen molar-refractivity contribution < 1.29 is 9.59 Å². The van der Waals surface area contributed by atoms with E-state index in [1.807, 2.05) is 5.32 Å². The number of amides is 3. The topological polar surface area (TPSA) is 83.2 Å². The number of carbonyl (C=O) groups is 2. The summed E-state index contributed by atoms with van der Waals surface area (Å²) < 4.78 is 0. The highest BCUT2D eigenvalue weighted by Gasteiger charge is 2.30. The maximum Gasteiger partial charge on any atom is 0.350 e. The predicted octanol–water partition coefficient (Wildman–Crippen LogP) is -0.489. The lowest BCUT2D eigenvalue weighted by Gasteiger charge is -2.05. The third-order valence-electron chi connectivity index (χ3n) is 1.59. The maximum atomic E-state index is 11.2. The van der Waals surface area contributed by atoms with Crippen LogP contribution in [0.2, 0.25) is 0 Å². The van der Waals surface area contributed by atoms with Crippen LogP contribution in [0.25, 0.3) is 0 Å². The van der Waals surface area contributed by atoms with Gasteiger partial charge in [-0.05, 0) is 0 Å². The van der Waals surface area contributed by atoms with E-state index in [0.29, 0.717) is 5.84 Å². The van der Waals surface area contributed by atoms with Gasteiger partial charge in [0.25, 0.3) is 5.91 Å². The summed E-state index contributed by atoms with van der Waals surface area (Å²) in [4.78, 5) is 33.1. The fourth-order valence-electron chi connectivity index (χ4n) is 1.06. The minimum atomic E-state index is -0.727. The number of hydrogen-bond acceptors (Lipinski definition) is 4. The average Bonchev–Trinajstić information content (AvgIpc) is 2.48. The largest absolute Gasteiger partial charge is 0.350 e. The van der Waals surface area contributed by atoms with Gasteiger partial charge in [-0.2, -0.15) is 4.99 Å². The molecule has 1 N–H and O–H groups in total. The maximum absolute atomic E-state index is 11.2. The third kappa shape index (κ3) is 1.21. The molecule has 0 bridgehead atoms. The highest BCUT2D eigenvalue weighted by Crippen LogP contribution is 2.06. The van der Waals surface area contributed by atoms with Crippen LogP contribution in [0.1, 0.15) is 6.42 Å². The highest BCUT2D eigenvalue weighted by atomic mass is 16.2. The first kappa shape index (κ1) is 8.31. The zero-order valence-corrected chi connectivity index (χ0v) is 6.94. The number of amidine groups is 2. The van der Waals surface area contributed by atoms with Gasteiger partial charge in [-0.15, -0.1) is 6.42 Å². The summed E-state index contributed by atoms with van der Waals surface area (Å²) in [5.41, 5.74) is 0.0508. The van der Waals surface area contributed by atoms with Crippen LogP contribution in [-0.4, -0.2) is 29.3 Å². The fourth-order valence-corrected chi connectivity index (χ4v) is 1.06. The van der Waals surface area contributed by atoms with Crippen LogP contribution in [-0.2, 0) is 4.79 Å². The summed E-state index contributed by atoms with van der Waals surface area (Å²) in [5, 5.41) is 1.99. The molecule has 0 atom stereocenters. The average molecular weight is 188 g/mol. The Labute approximate surface area is 78.8 Å². The Kier molecular flexibility index (Phi) is 1.71. The minimum absolute atomic E-state index is 0.0454. The molecule has 14 heavy (non-hydrogen) atoms. The van der Waals surface area contributed by atoms with Crippen molar-refractivity contribution in [1.82, 2.24) is 5.32 Å². The van der Waals surface area contributed by atoms with Gasteiger partial charge in [0.1, 0.15) is 5.84 Å². The van der Waals surface area contributed by atoms with E-state index in [0.717, 1.165) is 0 Å². The molecule has 0 saturated heterocycles. The number of rotatable bonds is 1. The van der Waals surface area contributed by atoms with E-state index < -0.39 is 11.9 Å². The molecule has 0 radical (unpaired) electrons. The molecule has 6 nitrogen and oxygen atoms in total. The van der Waals surface area contributed by atoms with Crippen molar-refractivity contribution in [2.45, 2.75) is 6.42 Å². The van der Waals surface area contributed by atoms with Crippen molar-refractivity contribution in [2.24, 2.45) is 15.0 Å². The second-order valence-electron chi connectivity index (χ2n) is 2.56. The lowest BCUT2D eigenvalue weighted by molar-refractivity contribution is -0.113. The van der Waals surface area contributed by atoms with Gasteiger partial charge in [0.2, 0.25) is 0 Å². The number of fused-ring (bicyclic) bond motifs is 1. The van der Waals surface area contributed by atoms with Crippen LogP contribution in [0.5, 0.6) is 0 Å². The van der Waals surface area contributed by atoms with E-state index in [2.05, 4.69) is 20.9 Å². The van der Waals surface area contributed by atoms with Crippen LogP contribution >= 0.6 is 0 Å². The molecule has 2 aliphatic heterocycles. The van der Waals surface area contributed by atoms with Crippen LogP contribution < -0.4 is 5.32 Å². The highest BCUT2D eigenvalue weighted by molar-refractivity contribution is 6.72. The summed E-state index contributed by atoms with van der Waals surface area (Å²) in [7, 11) is 0. The summed E-state index contributed by atoms with van der Waals surface area (Å²) in [6.07, 6.45) is 5.26. The van der Waals surface area contributed by atoms with E-state index in [1.165, 1.54) is 0 Å². The van der Waals surface area contributed by atoms with Crippen LogP contribution in [0.3, 0.4) is 0 Å². The summed E-state index contributed by atoms with van der Waals surface area (Å²) in [5.74, 6) is 2.12. The van der Waals surface area contributed by atoms with Crippen molar-refractivity contribution in [3.63, 3.8) is 0 Å². The number of aliphatic imine (C=N–C) groups is 3. The second kappa shape index (κ2) is 2.88. The van der Waals surface area contributed by atoms with E-state index in [4.69, 9.17) is 6.42 Å². The smallest absolute Gasteiger partial charge is 0.271 e. The molecule has 0 unspecified atom stereocenters. The lowest BCUT2D eigenvalue weighted by atomic mass is 10.3. The molecular weight excluding hydrogens is 184 g/mol. The Morgan fingerprint density at radius 2 is 2.07 bits per heavy atom. The lowest BCUT2D eigenvalue weighted by Crippen LogP contribution is -2.41. The zero-order valence-electron chi connectivity index (χ0n) is 6.94. The number of carbonyl (C=O) groups excluding carboxylic acids is 2. The van der Waals surface area contributed by atoms with Crippen LogP contribution in [0.15, 0.2) is 15.0 Å². The molecule has 0 saturated carbocycles. The van der Waals surface area contributed by atoms with Gasteiger partial charge < -0.3 is 0 Å². The van der Waals surface area contributed by atoms with Gasteiger partial charge in [-0.25, -0.2) is 14.8 Å². The van der Waals surface area contributed by atoms with Crippen molar-refractivity contribution in [3.05, 3.63) is 0 Å². The second-order valence-corrected chi connectivity index (χ2v) is 2.56. The normalized spacial score (nSPS) is 18.9. The van der Waals surface area contributed by atoms with E-state index in [1.54, 1.807) is 0 Å². The molecule has 0 aromatic heterocycles. The number of hydrogen-bond donors (Lipinski definition) is 1. The van der Waals surface area contributed by atoms with Crippen LogP contribution in [0.4, 0.5) is 4.79 Å². The van der Waals surface area contributed by atoms with Gasteiger partial charge in [-0.1, -0.05) is 5.92 Å². The quantitative estimate of drug-likeness (QED) is 0.563. The Morgan fingerprint density at radius 3 is 2.79 bits per heavy atom. The molecule has 2 heterocycles. The van der Waals surface area contributed by atoms with Gasteiger partial charge in [-0.3, -0.25) is 10.1 Å². The molecular formula is C8H4N4O2. The number of nitrogens with zero attached hydrogens (tertiary/aromatic N) is 3. The molecule has 3 amide bonds. The molecule has 0 fully saturated rings. The molecule has 0 aliphatic carbocycles. The van der Waals surface area contributed by atoms with Crippen molar-refractivity contribution in [1.29, 1.82) is 0 Å². The monoisotopic (exact) mass is 188 g/mol. The molecule has 0 spiro atoms. The Hall–Kier alpha value is -2.29. The number of urea groups is 1. The molecule has 2 rings (SSSR count). The first-order valence-electron chi connectivity index (χ1n) is 3.75. The van der Waals surface area contributed by atoms with E-state index >= 15 is 0 Å². The van der Waals surface area contributed by atoms with Crippen molar-refractivity contribution in [2.75, 3.05) is 0 Å². The van der Waals surface area contributed by atoms with E-state index in [9.17, 15) is 9.59 Å². The predicted molar refractivity (Wildman–Crippen MR) is 49.3 cm³/mol. The van der Waals surface area contributed by atoms with E-state index in [-0.39, 0.29) is 18.0 Å². The van der Waals surface area contributed by atoms with Gasteiger partial charge in [0, 0.05) is 0 Å². The third-order valence-corrected chi connectivity index (χ3v) is 1.59. The molecule has 68 valence electrons. The van der Waals surface area contributed by atoms with Crippen molar-refractivity contribution >= 4 is 29.3 Å². The zero-order chi connectivity index (χ0) is 10.1. The Morgan fingerprint density at radius 1 is 1.29 bits per heavy atom. The number of terminal acetylenes is 1. The molecule has 0 aromatic rings. The minimum Gasteiger partial charge on any atom is -0.271 e. The molecule has 2 aliphatic rings. The van der Waals surface area contributed by atoms with Gasteiger partial charge in [0.05, 0.1) is 6.42 Å². The summed E-state index contributed by atoms with van der Waals surface area (Å²) in [6.45, 7) is 0. The SMILES string of the molecule is C#CCC1=NC2=NC(=O)NC(=O)C2=N1. The van der Waals surface area contributed by atoms with Crippen LogP contribution in [0, 0.1) is 12.3 Å². The standard InChI is InChI=1S/C8H4N4O2/c1-2-3-4-9-5-6(10-4)11-8(14)12-7(5)13/h1H,3H2,(H,12,13,14). The molecule has 0 aromatic carbocycles. The number of imide groups is 1. The first-order valence-corrected chi connectivity index (χ1v) is 3.75. The van der Waals surface area contributed by atoms with Gasteiger partial charge in [0.15, 0.2) is 11.5 Å². The summed E-state index contributed by atoms with van der Waals surface area (Å²) in [6, 6.07) is -0.727. The summed E-state index contributed by atoms with van der Waals surface area (Å²) >= 11 is 0.